The third-order valence-electron chi connectivity index (χ3n) is 3.45. The third-order valence-corrected chi connectivity index (χ3v) is 3.45. The van der Waals surface area contributed by atoms with Crippen LogP contribution in [0.25, 0.3) is 0 Å². The lowest BCUT2D eigenvalue weighted by Gasteiger charge is -2.14. The van der Waals surface area contributed by atoms with Gasteiger partial charge in [0.1, 0.15) is 0 Å². The van der Waals surface area contributed by atoms with Gasteiger partial charge in [0.15, 0.2) is 0 Å². The molecular formula is C15H20N2O. The fraction of sp³-hybridized carbons (Fsp3) is 0.400. The normalized spacial score (nSPS) is 14.4. The molecule has 1 N–H and O–H groups in total. The van der Waals surface area contributed by atoms with Crippen LogP contribution >= 0.6 is 0 Å². The van der Waals surface area contributed by atoms with E-state index in [0.717, 1.165) is 12.0 Å². The van der Waals surface area contributed by atoms with Gasteiger partial charge in [-0.15, -0.1) is 0 Å². The Kier molecular flexibility index (Phi) is 4.15. The molecule has 3 nitrogen and oxygen atoms in total. The standard InChI is InChI=1S/C15H20N2O/c1-3-12(2)13-4-6-14(7-5-13)15(18)10-17-9-8-16-11-17/h4-9,11-12,15,18H,3,10H2,1-2H3/t12-,15-/m1/s1. The smallest absolute Gasteiger partial charge is 0.0969 e. The van der Waals surface area contributed by atoms with Crippen molar-refractivity contribution in [2.75, 3.05) is 0 Å². The van der Waals surface area contributed by atoms with E-state index in [-0.39, 0.29) is 0 Å². The third kappa shape index (κ3) is 2.99. The first-order chi connectivity index (χ1) is 8.70. The lowest BCUT2D eigenvalue weighted by Crippen LogP contribution is -2.07. The number of benzene rings is 1. The maximum atomic E-state index is 10.1. The minimum Gasteiger partial charge on any atom is -0.387 e. The number of imidazole rings is 1. The minimum absolute atomic E-state index is 0.481. The quantitative estimate of drug-likeness (QED) is 0.877. The number of hydrogen-bond acceptors (Lipinski definition) is 2. The molecule has 2 atom stereocenters. The maximum absolute atomic E-state index is 10.1. The topological polar surface area (TPSA) is 38.0 Å². The van der Waals surface area contributed by atoms with Crippen molar-refractivity contribution < 1.29 is 5.11 Å². The fourth-order valence-electron chi connectivity index (χ4n) is 1.98. The van der Waals surface area contributed by atoms with Gasteiger partial charge in [-0.05, 0) is 23.5 Å². The highest BCUT2D eigenvalue weighted by Crippen LogP contribution is 2.21. The lowest BCUT2D eigenvalue weighted by molar-refractivity contribution is 0.156. The largest absolute Gasteiger partial charge is 0.387 e. The SMILES string of the molecule is CC[C@@H](C)c1ccc([C@H](O)Cn2ccnc2)cc1. The second-order valence-electron chi connectivity index (χ2n) is 4.75. The Bertz CT molecular complexity index is 462. The van der Waals surface area contributed by atoms with Crippen molar-refractivity contribution in [1.29, 1.82) is 0 Å². The predicted molar refractivity (Wildman–Crippen MR) is 72.3 cm³/mol. The molecule has 0 radical (unpaired) electrons. The van der Waals surface area contributed by atoms with E-state index < -0.39 is 6.10 Å². The summed E-state index contributed by atoms with van der Waals surface area (Å²) < 4.78 is 1.88. The molecule has 0 bridgehead atoms. The monoisotopic (exact) mass is 244 g/mol. The van der Waals surface area contributed by atoms with Crippen molar-refractivity contribution in [3.05, 3.63) is 54.1 Å². The average molecular weight is 244 g/mol. The summed E-state index contributed by atoms with van der Waals surface area (Å²) in [6.45, 7) is 4.95. The first-order valence-corrected chi connectivity index (χ1v) is 6.44. The van der Waals surface area contributed by atoms with Gasteiger partial charge in [-0.2, -0.15) is 0 Å². The van der Waals surface area contributed by atoms with Crippen LogP contribution in [-0.4, -0.2) is 14.7 Å². The Morgan fingerprint density at radius 1 is 1.22 bits per heavy atom. The van der Waals surface area contributed by atoms with Crippen LogP contribution in [0.15, 0.2) is 43.0 Å². The molecule has 0 aliphatic carbocycles. The van der Waals surface area contributed by atoms with Gasteiger partial charge in [-0.3, -0.25) is 0 Å². The van der Waals surface area contributed by atoms with Crippen LogP contribution in [0.4, 0.5) is 0 Å². The van der Waals surface area contributed by atoms with Crippen molar-refractivity contribution >= 4 is 0 Å². The summed E-state index contributed by atoms with van der Waals surface area (Å²) in [7, 11) is 0. The molecule has 0 saturated carbocycles. The summed E-state index contributed by atoms with van der Waals surface area (Å²) in [5.74, 6) is 0.574. The van der Waals surface area contributed by atoms with Crippen molar-refractivity contribution in [1.82, 2.24) is 9.55 Å². The molecule has 0 spiro atoms. The lowest BCUT2D eigenvalue weighted by atomic mass is 9.96. The summed E-state index contributed by atoms with van der Waals surface area (Å²) in [5, 5.41) is 10.1. The molecule has 1 aromatic heterocycles. The highest BCUT2D eigenvalue weighted by molar-refractivity contribution is 5.26. The van der Waals surface area contributed by atoms with E-state index in [1.807, 2.05) is 22.9 Å². The Balaban J connectivity index is 2.04. The highest BCUT2D eigenvalue weighted by Gasteiger charge is 2.09. The van der Waals surface area contributed by atoms with Crippen molar-refractivity contribution in [3.8, 4) is 0 Å². The van der Waals surface area contributed by atoms with E-state index in [4.69, 9.17) is 0 Å². The van der Waals surface area contributed by atoms with Crippen LogP contribution < -0.4 is 0 Å². The molecule has 0 unspecified atom stereocenters. The van der Waals surface area contributed by atoms with E-state index in [2.05, 4.69) is 31.0 Å². The molecule has 0 fully saturated rings. The maximum Gasteiger partial charge on any atom is 0.0969 e. The summed E-state index contributed by atoms with van der Waals surface area (Å²) in [6, 6.07) is 8.26. The van der Waals surface area contributed by atoms with Gasteiger partial charge in [0, 0.05) is 12.4 Å². The van der Waals surface area contributed by atoms with Crippen LogP contribution in [0.1, 0.15) is 43.4 Å². The first-order valence-electron chi connectivity index (χ1n) is 6.44. The molecule has 3 heteroatoms. The molecule has 2 aromatic rings. The van der Waals surface area contributed by atoms with Crippen molar-refractivity contribution in [2.45, 2.75) is 38.8 Å². The van der Waals surface area contributed by atoms with Gasteiger partial charge in [0.05, 0.1) is 19.0 Å². The van der Waals surface area contributed by atoms with Crippen LogP contribution in [0, 0.1) is 0 Å². The summed E-state index contributed by atoms with van der Waals surface area (Å²) >= 11 is 0. The molecule has 2 rings (SSSR count). The Morgan fingerprint density at radius 2 is 1.89 bits per heavy atom. The number of aromatic nitrogens is 2. The number of nitrogens with zero attached hydrogens (tertiary/aromatic N) is 2. The Hall–Kier alpha value is -1.61. The second-order valence-corrected chi connectivity index (χ2v) is 4.75. The highest BCUT2D eigenvalue weighted by atomic mass is 16.3. The first kappa shape index (κ1) is 12.8. The molecule has 0 aliphatic rings. The van der Waals surface area contributed by atoms with Gasteiger partial charge in [-0.25, -0.2) is 4.98 Å². The molecule has 0 saturated heterocycles. The number of rotatable bonds is 5. The summed E-state index contributed by atoms with van der Waals surface area (Å²) in [4.78, 5) is 3.97. The van der Waals surface area contributed by atoms with Gasteiger partial charge in [-0.1, -0.05) is 38.1 Å². The van der Waals surface area contributed by atoms with E-state index >= 15 is 0 Å². The zero-order chi connectivity index (χ0) is 13.0. The number of aliphatic hydroxyl groups is 1. The molecule has 18 heavy (non-hydrogen) atoms. The Morgan fingerprint density at radius 3 is 2.44 bits per heavy atom. The average Bonchev–Trinajstić information content (AvgIpc) is 2.91. The van der Waals surface area contributed by atoms with Crippen molar-refractivity contribution in [2.24, 2.45) is 0 Å². The number of hydrogen-bond donors (Lipinski definition) is 1. The molecular weight excluding hydrogens is 224 g/mol. The van der Waals surface area contributed by atoms with E-state index in [0.29, 0.717) is 12.5 Å². The summed E-state index contributed by atoms with van der Waals surface area (Å²) in [5.41, 5.74) is 2.28. The van der Waals surface area contributed by atoms with Gasteiger partial charge >= 0.3 is 0 Å². The number of aliphatic hydroxyl groups excluding tert-OH is 1. The van der Waals surface area contributed by atoms with E-state index in [1.54, 1.807) is 12.5 Å². The van der Waals surface area contributed by atoms with Crippen LogP contribution in [0.2, 0.25) is 0 Å². The zero-order valence-corrected chi connectivity index (χ0v) is 11.0. The van der Waals surface area contributed by atoms with Gasteiger partial charge in [0.25, 0.3) is 0 Å². The van der Waals surface area contributed by atoms with E-state index in [1.165, 1.54) is 5.56 Å². The van der Waals surface area contributed by atoms with Crippen LogP contribution in [-0.2, 0) is 6.54 Å². The molecule has 1 aromatic carbocycles. The Labute approximate surface area is 108 Å². The zero-order valence-electron chi connectivity index (χ0n) is 11.0. The molecule has 1 heterocycles. The van der Waals surface area contributed by atoms with Crippen LogP contribution in [0.3, 0.4) is 0 Å². The molecule has 0 amide bonds. The molecule has 0 aliphatic heterocycles. The van der Waals surface area contributed by atoms with Gasteiger partial charge < -0.3 is 9.67 Å². The van der Waals surface area contributed by atoms with Crippen molar-refractivity contribution in [3.63, 3.8) is 0 Å². The predicted octanol–water partition coefficient (Wildman–Crippen LogP) is 3.13. The second kappa shape index (κ2) is 5.83. The molecule has 96 valence electrons. The van der Waals surface area contributed by atoms with E-state index in [9.17, 15) is 5.11 Å². The summed E-state index contributed by atoms with van der Waals surface area (Å²) in [6.07, 6.45) is 5.95. The minimum atomic E-state index is -0.481. The van der Waals surface area contributed by atoms with Crippen LogP contribution in [0.5, 0.6) is 0 Å². The van der Waals surface area contributed by atoms with Gasteiger partial charge in [0.2, 0.25) is 0 Å². The fourth-order valence-corrected chi connectivity index (χ4v) is 1.98.